The monoisotopic (exact) mass is 590 g/mol. The van der Waals surface area contributed by atoms with Crippen LogP contribution in [0.3, 0.4) is 0 Å². The summed E-state index contributed by atoms with van der Waals surface area (Å²) in [5, 5.41) is 6.80. The van der Waals surface area contributed by atoms with Crippen molar-refractivity contribution in [2.45, 2.75) is 27.7 Å². The van der Waals surface area contributed by atoms with E-state index in [2.05, 4.69) is 71.2 Å². The summed E-state index contributed by atoms with van der Waals surface area (Å²) in [7, 11) is 0. The highest BCUT2D eigenvalue weighted by Crippen LogP contribution is 2.41. The Hall–Kier alpha value is -1.54. The molecule has 4 heteroatoms. The fraction of sp³-hybridized carbons (Fsp3) is 0.167. The van der Waals surface area contributed by atoms with Crippen molar-refractivity contribution in [3.05, 3.63) is 74.1 Å². The number of fused-ring (bicyclic) bond motifs is 6. The van der Waals surface area contributed by atoms with Crippen LogP contribution in [0.4, 0.5) is 0 Å². The van der Waals surface area contributed by atoms with E-state index in [0.717, 1.165) is 72.5 Å². The quantitative estimate of drug-likeness (QED) is 0.198. The lowest BCUT2D eigenvalue weighted by Crippen LogP contribution is -2.00. The van der Waals surface area contributed by atoms with Gasteiger partial charge in [-0.05, 0) is 118 Å². The lowest BCUT2D eigenvalue weighted by molar-refractivity contribution is 1.37. The number of benzene rings is 3. The second-order valence-electron chi connectivity index (χ2n) is 7.75. The molecule has 0 fully saturated rings. The fourth-order valence-electron chi connectivity index (χ4n) is 4.31. The third-order valence-corrected chi connectivity index (χ3v) is 8.29. The van der Waals surface area contributed by atoms with Crippen molar-refractivity contribution in [3.8, 4) is 0 Å². The first-order valence-corrected chi connectivity index (χ1v) is 11.3. The first-order chi connectivity index (χ1) is 13.2. The van der Waals surface area contributed by atoms with Crippen LogP contribution in [0.2, 0.25) is 0 Å². The van der Waals surface area contributed by atoms with Crippen molar-refractivity contribution in [2.75, 3.05) is 0 Å². The maximum absolute atomic E-state index is 13.3. The summed E-state index contributed by atoms with van der Waals surface area (Å²) < 4.78 is 1.80. The number of rotatable bonds is 0. The highest BCUT2D eigenvalue weighted by molar-refractivity contribution is 14.1. The third kappa shape index (κ3) is 2.19. The van der Waals surface area contributed by atoms with Gasteiger partial charge >= 0.3 is 0 Å². The molecule has 0 unspecified atom stereocenters. The van der Waals surface area contributed by atoms with Crippen LogP contribution >= 0.6 is 45.2 Å². The second kappa shape index (κ2) is 5.98. The predicted molar refractivity (Wildman–Crippen MR) is 136 cm³/mol. The van der Waals surface area contributed by atoms with E-state index in [9.17, 15) is 9.59 Å². The molecule has 28 heavy (non-hydrogen) atoms. The first kappa shape index (κ1) is 18.5. The minimum atomic E-state index is 0.0722. The van der Waals surface area contributed by atoms with Crippen LogP contribution in [0.1, 0.15) is 22.3 Å². The third-order valence-electron chi connectivity index (χ3n) is 6.13. The average molecular weight is 590 g/mol. The molecule has 0 aromatic heterocycles. The molecule has 5 aromatic carbocycles. The summed E-state index contributed by atoms with van der Waals surface area (Å²) in [5.41, 5.74) is 4.69. The summed E-state index contributed by atoms with van der Waals surface area (Å²) in [4.78, 5) is 26.7. The van der Waals surface area contributed by atoms with Crippen molar-refractivity contribution in [1.29, 1.82) is 0 Å². The zero-order valence-corrected chi connectivity index (χ0v) is 20.2. The minimum absolute atomic E-state index is 0.0722. The molecule has 0 radical (unpaired) electrons. The Bertz CT molecular complexity index is 1480. The van der Waals surface area contributed by atoms with Gasteiger partial charge in [-0.15, -0.1) is 0 Å². The zero-order valence-electron chi connectivity index (χ0n) is 15.9. The van der Waals surface area contributed by atoms with Gasteiger partial charge < -0.3 is 0 Å². The summed E-state index contributed by atoms with van der Waals surface area (Å²) >= 11 is 4.54. The van der Waals surface area contributed by atoms with Gasteiger partial charge in [0.15, 0.2) is 10.9 Å². The van der Waals surface area contributed by atoms with Crippen LogP contribution in [0.25, 0.3) is 43.1 Å². The second-order valence-corrected chi connectivity index (χ2v) is 9.91. The molecule has 0 atom stereocenters. The van der Waals surface area contributed by atoms with E-state index in [-0.39, 0.29) is 10.9 Å². The molecule has 0 aliphatic carbocycles. The van der Waals surface area contributed by atoms with E-state index in [1.807, 2.05) is 26.0 Å². The van der Waals surface area contributed by atoms with E-state index in [0.29, 0.717) is 0 Å². The van der Waals surface area contributed by atoms with Gasteiger partial charge in [-0.25, -0.2) is 0 Å². The Morgan fingerprint density at radius 1 is 0.500 bits per heavy atom. The Labute approximate surface area is 188 Å². The van der Waals surface area contributed by atoms with Crippen LogP contribution in [0.15, 0.2) is 33.9 Å². The largest absolute Gasteiger partial charge is 0.289 e. The Morgan fingerprint density at radius 3 is 1.11 bits per heavy atom. The number of halogens is 2. The lowest BCUT2D eigenvalue weighted by Gasteiger charge is -2.05. The van der Waals surface area contributed by atoms with Crippen molar-refractivity contribution in [1.82, 2.24) is 0 Å². The number of aryl methyl sites for hydroxylation is 4. The highest BCUT2D eigenvalue weighted by Gasteiger charge is 2.24. The maximum Gasteiger partial charge on any atom is 0.195 e. The topological polar surface area (TPSA) is 34.1 Å². The molecule has 0 heterocycles. The Kier molecular flexibility index (Phi) is 3.95. The predicted octanol–water partition coefficient (Wildman–Crippen LogP) is 6.34. The average Bonchev–Trinajstić information content (AvgIpc) is 3.08. The highest BCUT2D eigenvalue weighted by atomic mass is 127. The van der Waals surface area contributed by atoms with Crippen molar-refractivity contribution in [3.63, 3.8) is 0 Å². The molecule has 0 aliphatic rings. The zero-order chi connectivity index (χ0) is 20.1. The molecule has 0 N–H and O–H groups in total. The van der Waals surface area contributed by atoms with Crippen LogP contribution in [0.5, 0.6) is 0 Å². The molecule has 5 rings (SSSR count). The van der Waals surface area contributed by atoms with E-state index >= 15 is 0 Å². The maximum atomic E-state index is 13.3. The fourth-order valence-corrected chi connectivity index (χ4v) is 6.46. The molecule has 0 saturated carbocycles. The smallest absolute Gasteiger partial charge is 0.195 e. The number of hydrogen-bond acceptors (Lipinski definition) is 2. The van der Waals surface area contributed by atoms with Crippen molar-refractivity contribution < 1.29 is 0 Å². The Morgan fingerprint density at radius 2 is 0.786 bits per heavy atom. The first-order valence-electron chi connectivity index (χ1n) is 9.10. The van der Waals surface area contributed by atoms with Gasteiger partial charge in [0, 0.05) is 39.5 Å². The van der Waals surface area contributed by atoms with Gasteiger partial charge in [-0.3, -0.25) is 9.59 Å². The van der Waals surface area contributed by atoms with E-state index in [1.165, 1.54) is 0 Å². The molecule has 138 valence electrons. The molecule has 0 amide bonds. The van der Waals surface area contributed by atoms with E-state index in [4.69, 9.17) is 0 Å². The van der Waals surface area contributed by atoms with Gasteiger partial charge in [0.05, 0.1) is 0 Å². The van der Waals surface area contributed by atoms with Gasteiger partial charge in [0.25, 0.3) is 0 Å². The minimum Gasteiger partial charge on any atom is -0.289 e. The molecule has 0 saturated heterocycles. The van der Waals surface area contributed by atoms with Crippen molar-refractivity contribution >= 4 is 88.3 Å². The van der Waals surface area contributed by atoms with Gasteiger partial charge in [0.1, 0.15) is 0 Å². The standard InChI is InChI=1S/C24H16I2O2/c1-9-5-13-15(7-11(9)3)23(27)19-17(13)21(25)20-18(22(19)26)14-6-10(2)12(4)8-16(14)24(20)28/h5-8H,1-4H3. The van der Waals surface area contributed by atoms with Gasteiger partial charge in [0.2, 0.25) is 0 Å². The SMILES string of the molecule is Cc1cc2c(=O)c3c(I)c4c(c(I)c3c2cc1C)c(=O)c1cc(C)c(C)cc14. The summed E-state index contributed by atoms with van der Waals surface area (Å²) in [6, 6.07) is 8.18. The Balaban J connectivity index is 2.18. The van der Waals surface area contributed by atoms with Crippen LogP contribution in [-0.2, 0) is 0 Å². The lowest BCUT2D eigenvalue weighted by atomic mass is 10.0. The normalized spacial score (nSPS) is 12.2. The molecule has 0 aliphatic heterocycles. The summed E-state index contributed by atoms with van der Waals surface area (Å²) in [6.07, 6.45) is 0. The summed E-state index contributed by atoms with van der Waals surface area (Å²) in [5.74, 6) is 0. The van der Waals surface area contributed by atoms with Gasteiger partial charge in [-0.1, -0.05) is 12.1 Å². The van der Waals surface area contributed by atoms with Crippen LogP contribution in [-0.4, -0.2) is 0 Å². The van der Waals surface area contributed by atoms with Crippen molar-refractivity contribution in [2.24, 2.45) is 0 Å². The number of hydrogen-bond donors (Lipinski definition) is 0. The molecule has 5 aromatic rings. The molecular weight excluding hydrogens is 574 g/mol. The van der Waals surface area contributed by atoms with E-state index in [1.54, 1.807) is 0 Å². The molecule has 0 bridgehead atoms. The summed E-state index contributed by atoms with van der Waals surface area (Å²) in [6.45, 7) is 8.20. The van der Waals surface area contributed by atoms with Crippen LogP contribution in [0, 0.1) is 34.8 Å². The molecular formula is C24H16I2O2. The van der Waals surface area contributed by atoms with Crippen LogP contribution < -0.4 is 10.9 Å². The molecule has 2 nitrogen and oxygen atoms in total. The molecule has 0 spiro atoms. The van der Waals surface area contributed by atoms with E-state index < -0.39 is 0 Å². The van der Waals surface area contributed by atoms with Gasteiger partial charge in [-0.2, -0.15) is 0 Å².